The van der Waals surface area contributed by atoms with Crippen molar-refractivity contribution in [3.05, 3.63) is 29.8 Å². The molecule has 0 aromatic heterocycles. The molecule has 2 aliphatic heterocycles. The van der Waals surface area contributed by atoms with E-state index in [0.29, 0.717) is 6.04 Å². The number of hydrogen-bond donors (Lipinski definition) is 0. The third-order valence-corrected chi connectivity index (χ3v) is 5.34. The van der Waals surface area contributed by atoms with Crippen LogP contribution in [0.5, 0.6) is 0 Å². The topological polar surface area (TPSA) is 30.3 Å². The van der Waals surface area contributed by atoms with Gasteiger partial charge in [0, 0.05) is 31.4 Å². The summed E-state index contributed by atoms with van der Waals surface area (Å²) >= 11 is 0. The Kier molecular flexibility index (Phi) is 4.40. The van der Waals surface area contributed by atoms with Crippen LogP contribution in [0.15, 0.2) is 24.3 Å². The smallest absolute Gasteiger partial charge is 0.0700 e. The van der Waals surface area contributed by atoms with Gasteiger partial charge in [-0.25, -0.2) is 0 Å². The first-order valence-electron chi connectivity index (χ1n) is 8.57. The Morgan fingerprint density at radius 3 is 2.68 bits per heavy atom. The number of benzene rings is 1. The molecule has 0 aliphatic carbocycles. The Morgan fingerprint density at radius 1 is 1.23 bits per heavy atom. The lowest BCUT2D eigenvalue weighted by atomic mass is 9.82. The average molecular weight is 297 g/mol. The summed E-state index contributed by atoms with van der Waals surface area (Å²) in [5.74, 6) is 0. The van der Waals surface area contributed by atoms with E-state index >= 15 is 0 Å². The fourth-order valence-electron chi connectivity index (χ4n) is 4.00. The SMILES string of the molecule is Cc1cccc(N2CCC(N3CCC[C@](C)(C#N)C3)CC2)c1. The summed E-state index contributed by atoms with van der Waals surface area (Å²) in [7, 11) is 0. The van der Waals surface area contributed by atoms with Gasteiger partial charge in [-0.15, -0.1) is 0 Å². The third kappa shape index (κ3) is 3.28. The summed E-state index contributed by atoms with van der Waals surface area (Å²) in [5, 5.41) is 9.40. The van der Waals surface area contributed by atoms with Gasteiger partial charge in [0.2, 0.25) is 0 Å². The van der Waals surface area contributed by atoms with E-state index in [9.17, 15) is 5.26 Å². The van der Waals surface area contributed by atoms with Gasteiger partial charge in [0.15, 0.2) is 0 Å². The molecule has 1 atom stereocenters. The van der Waals surface area contributed by atoms with Crippen molar-refractivity contribution in [3.8, 4) is 6.07 Å². The quantitative estimate of drug-likeness (QED) is 0.835. The molecule has 0 radical (unpaired) electrons. The normalized spacial score (nSPS) is 27.6. The summed E-state index contributed by atoms with van der Waals surface area (Å²) in [6.45, 7) is 8.68. The van der Waals surface area contributed by atoms with Gasteiger partial charge >= 0.3 is 0 Å². The van der Waals surface area contributed by atoms with Crippen LogP contribution >= 0.6 is 0 Å². The molecule has 2 fully saturated rings. The van der Waals surface area contributed by atoms with Crippen LogP contribution in [0, 0.1) is 23.7 Å². The molecule has 0 unspecified atom stereocenters. The summed E-state index contributed by atoms with van der Waals surface area (Å²) in [4.78, 5) is 5.09. The van der Waals surface area contributed by atoms with Gasteiger partial charge in [-0.1, -0.05) is 12.1 Å². The highest BCUT2D eigenvalue weighted by molar-refractivity contribution is 5.48. The molecule has 1 aromatic rings. The fraction of sp³-hybridized carbons (Fsp3) is 0.632. The first kappa shape index (κ1) is 15.4. The second-order valence-corrected chi connectivity index (χ2v) is 7.30. The molecule has 0 bridgehead atoms. The summed E-state index contributed by atoms with van der Waals surface area (Å²) < 4.78 is 0. The number of anilines is 1. The molecule has 22 heavy (non-hydrogen) atoms. The van der Waals surface area contributed by atoms with Gasteiger partial charge in [0.05, 0.1) is 11.5 Å². The first-order chi connectivity index (χ1) is 10.6. The van der Waals surface area contributed by atoms with E-state index in [1.54, 1.807) is 0 Å². The minimum atomic E-state index is -0.133. The number of nitriles is 1. The maximum absolute atomic E-state index is 9.40. The van der Waals surface area contributed by atoms with E-state index in [1.165, 1.54) is 37.1 Å². The molecule has 118 valence electrons. The lowest BCUT2D eigenvalue weighted by Crippen LogP contribution is -2.50. The van der Waals surface area contributed by atoms with E-state index < -0.39 is 0 Å². The van der Waals surface area contributed by atoms with Crippen LogP contribution in [0.3, 0.4) is 0 Å². The van der Waals surface area contributed by atoms with E-state index in [-0.39, 0.29) is 5.41 Å². The predicted molar refractivity (Wildman–Crippen MR) is 90.9 cm³/mol. The summed E-state index contributed by atoms with van der Waals surface area (Å²) in [6.07, 6.45) is 4.66. The van der Waals surface area contributed by atoms with Crippen LogP contribution in [0.2, 0.25) is 0 Å². The molecule has 1 aromatic carbocycles. The number of likely N-dealkylation sites (tertiary alicyclic amines) is 1. The number of nitrogens with zero attached hydrogens (tertiary/aromatic N) is 3. The minimum absolute atomic E-state index is 0.133. The Labute approximate surface area is 134 Å². The number of rotatable bonds is 2. The standard InChI is InChI=1S/C19H27N3/c1-16-5-3-6-18(13-16)21-11-7-17(8-12-21)22-10-4-9-19(2,14-20)15-22/h3,5-6,13,17H,4,7-12,15H2,1-2H3/t19-/m1/s1. The fourth-order valence-corrected chi connectivity index (χ4v) is 4.00. The molecule has 0 amide bonds. The second-order valence-electron chi connectivity index (χ2n) is 7.30. The predicted octanol–water partition coefficient (Wildman–Crippen LogP) is 3.59. The van der Waals surface area contributed by atoms with Crippen molar-refractivity contribution in [1.82, 2.24) is 4.90 Å². The molecule has 0 spiro atoms. The Morgan fingerprint density at radius 2 is 2.00 bits per heavy atom. The van der Waals surface area contributed by atoms with E-state index in [0.717, 1.165) is 26.1 Å². The lowest BCUT2D eigenvalue weighted by molar-refractivity contribution is 0.0852. The molecule has 0 saturated carbocycles. The van der Waals surface area contributed by atoms with Crippen LogP contribution < -0.4 is 4.90 Å². The maximum atomic E-state index is 9.40. The maximum Gasteiger partial charge on any atom is 0.0700 e. The molecule has 3 nitrogen and oxygen atoms in total. The largest absolute Gasteiger partial charge is 0.371 e. The van der Waals surface area contributed by atoms with Crippen LogP contribution in [-0.4, -0.2) is 37.1 Å². The van der Waals surface area contributed by atoms with Gasteiger partial charge in [0.25, 0.3) is 0 Å². The van der Waals surface area contributed by atoms with E-state index in [2.05, 4.69) is 54.0 Å². The van der Waals surface area contributed by atoms with Crippen molar-refractivity contribution in [1.29, 1.82) is 5.26 Å². The number of aryl methyl sites for hydroxylation is 1. The number of piperidine rings is 2. The highest BCUT2D eigenvalue weighted by Gasteiger charge is 2.35. The van der Waals surface area contributed by atoms with Gasteiger partial charge in [-0.2, -0.15) is 5.26 Å². The molecule has 2 heterocycles. The van der Waals surface area contributed by atoms with Crippen molar-refractivity contribution in [3.63, 3.8) is 0 Å². The van der Waals surface area contributed by atoms with Crippen molar-refractivity contribution in [2.75, 3.05) is 31.1 Å². The van der Waals surface area contributed by atoms with Crippen molar-refractivity contribution in [2.24, 2.45) is 5.41 Å². The van der Waals surface area contributed by atoms with Crippen molar-refractivity contribution >= 4 is 5.69 Å². The molecule has 2 aliphatic rings. The zero-order chi connectivity index (χ0) is 15.6. The highest BCUT2D eigenvalue weighted by Crippen LogP contribution is 2.32. The minimum Gasteiger partial charge on any atom is -0.371 e. The molecular weight excluding hydrogens is 270 g/mol. The van der Waals surface area contributed by atoms with Gasteiger partial charge < -0.3 is 4.90 Å². The average Bonchev–Trinajstić information content (AvgIpc) is 2.55. The van der Waals surface area contributed by atoms with Crippen molar-refractivity contribution in [2.45, 2.75) is 45.6 Å². The zero-order valence-corrected chi connectivity index (χ0v) is 13.9. The molecule has 3 heteroatoms. The van der Waals surface area contributed by atoms with Gasteiger partial charge in [-0.3, -0.25) is 4.90 Å². The Balaban J connectivity index is 1.59. The molecule has 0 N–H and O–H groups in total. The lowest BCUT2D eigenvalue weighted by Gasteiger charge is -2.44. The van der Waals surface area contributed by atoms with Crippen LogP contribution in [0.4, 0.5) is 5.69 Å². The zero-order valence-electron chi connectivity index (χ0n) is 13.9. The molecule has 2 saturated heterocycles. The van der Waals surface area contributed by atoms with Gasteiger partial charge in [-0.05, 0) is 63.8 Å². The van der Waals surface area contributed by atoms with Gasteiger partial charge in [0.1, 0.15) is 0 Å². The number of hydrogen-bond acceptors (Lipinski definition) is 3. The third-order valence-electron chi connectivity index (χ3n) is 5.34. The van der Waals surface area contributed by atoms with Crippen molar-refractivity contribution < 1.29 is 0 Å². The first-order valence-corrected chi connectivity index (χ1v) is 8.57. The van der Waals surface area contributed by atoms with Crippen LogP contribution in [-0.2, 0) is 0 Å². The Bertz CT molecular complexity index is 554. The highest BCUT2D eigenvalue weighted by atomic mass is 15.2. The van der Waals surface area contributed by atoms with Crippen LogP contribution in [0.25, 0.3) is 0 Å². The molecule has 3 rings (SSSR count). The van der Waals surface area contributed by atoms with E-state index in [4.69, 9.17) is 0 Å². The monoisotopic (exact) mass is 297 g/mol. The molecular formula is C19H27N3. The second kappa shape index (κ2) is 6.30. The Hall–Kier alpha value is -1.53. The summed E-state index contributed by atoms with van der Waals surface area (Å²) in [5.41, 5.74) is 2.56. The van der Waals surface area contributed by atoms with E-state index in [1.807, 2.05) is 0 Å². The van der Waals surface area contributed by atoms with Crippen LogP contribution in [0.1, 0.15) is 38.2 Å². The summed E-state index contributed by atoms with van der Waals surface area (Å²) in [6, 6.07) is 12.0.